The van der Waals surface area contributed by atoms with Crippen molar-refractivity contribution in [1.82, 2.24) is 14.5 Å². The number of hydrogen-bond acceptors (Lipinski definition) is 3. The number of aliphatic hydroxyl groups excluding tert-OH is 1. The predicted octanol–water partition coefficient (Wildman–Crippen LogP) is 0.888. The lowest BCUT2D eigenvalue weighted by Gasteiger charge is -2.15. The molecular formula is C10H16ClN3O. The van der Waals surface area contributed by atoms with Crippen LogP contribution in [0.5, 0.6) is 0 Å². The molecule has 15 heavy (non-hydrogen) atoms. The molecule has 1 aliphatic rings. The summed E-state index contributed by atoms with van der Waals surface area (Å²) >= 11 is 5.91. The Morgan fingerprint density at radius 3 is 3.00 bits per heavy atom. The lowest BCUT2D eigenvalue weighted by molar-refractivity contribution is 0.218. The molecule has 2 heterocycles. The van der Waals surface area contributed by atoms with Gasteiger partial charge in [0.1, 0.15) is 11.0 Å². The molecular weight excluding hydrogens is 214 g/mol. The second kappa shape index (κ2) is 4.51. The molecule has 5 heteroatoms. The summed E-state index contributed by atoms with van der Waals surface area (Å²) in [6.07, 6.45) is 2.76. The fourth-order valence-electron chi connectivity index (χ4n) is 1.98. The van der Waals surface area contributed by atoms with Gasteiger partial charge in [-0.05, 0) is 18.9 Å². The Bertz CT molecular complexity index is 339. The van der Waals surface area contributed by atoms with Gasteiger partial charge in [-0.3, -0.25) is 4.90 Å². The van der Waals surface area contributed by atoms with E-state index in [0.29, 0.717) is 11.1 Å². The first kappa shape index (κ1) is 10.9. The average Bonchev–Trinajstić information content (AvgIpc) is 2.80. The molecule has 1 N–H and O–H groups in total. The van der Waals surface area contributed by atoms with E-state index in [1.807, 2.05) is 11.6 Å². The van der Waals surface area contributed by atoms with Gasteiger partial charge in [-0.2, -0.15) is 0 Å². The molecule has 1 aliphatic heterocycles. The van der Waals surface area contributed by atoms with Crippen molar-refractivity contribution in [1.29, 1.82) is 0 Å². The van der Waals surface area contributed by atoms with Crippen molar-refractivity contribution in [3.05, 3.63) is 17.2 Å². The van der Waals surface area contributed by atoms with Crippen molar-refractivity contribution in [2.45, 2.75) is 13.0 Å². The van der Waals surface area contributed by atoms with Crippen molar-refractivity contribution in [2.75, 3.05) is 19.7 Å². The summed E-state index contributed by atoms with van der Waals surface area (Å²) < 4.78 is 1.90. The molecule has 4 nitrogen and oxygen atoms in total. The normalized spacial score (nSPS) is 22.5. The molecule has 0 aliphatic carbocycles. The first-order valence-electron chi connectivity index (χ1n) is 5.20. The Morgan fingerprint density at radius 2 is 2.47 bits per heavy atom. The maximum absolute atomic E-state index is 9.04. The number of hydrogen-bond donors (Lipinski definition) is 1. The van der Waals surface area contributed by atoms with Crippen molar-refractivity contribution in [2.24, 2.45) is 13.0 Å². The fraction of sp³-hybridized carbons (Fsp3) is 0.700. The maximum atomic E-state index is 9.04. The van der Waals surface area contributed by atoms with E-state index in [1.54, 1.807) is 6.20 Å². The Hall–Kier alpha value is -0.580. The standard InChI is InChI=1S/C10H16ClN3O/c1-13-9(11)4-12-10(13)6-14-3-2-8(5-14)7-15/h4,8,15H,2-3,5-7H2,1H3. The van der Waals surface area contributed by atoms with Gasteiger partial charge in [0.15, 0.2) is 0 Å². The highest BCUT2D eigenvalue weighted by Crippen LogP contribution is 2.18. The van der Waals surface area contributed by atoms with E-state index in [-0.39, 0.29) is 6.61 Å². The number of halogens is 1. The highest BCUT2D eigenvalue weighted by Gasteiger charge is 2.22. The molecule has 0 radical (unpaired) electrons. The van der Waals surface area contributed by atoms with Gasteiger partial charge in [0.05, 0.1) is 12.7 Å². The molecule has 1 saturated heterocycles. The zero-order chi connectivity index (χ0) is 10.8. The van der Waals surface area contributed by atoms with E-state index in [9.17, 15) is 0 Å². The molecule has 0 bridgehead atoms. The van der Waals surface area contributed by atoms with Gasteiger partial charge in [0, 0.05) is 20.2 Å². The Morgan fingerprint density at radius 1 is 1.67 bits per heavy atom. The quantitative estimate of drug-likeness (QED) is 0.837. The van der Waals surface area contributed by atoms with E-state index in [1.165, 1.54) is 0 Å². The molecule has 0 spiro atoms. The van der Waals surface area contributed by atoms with Crippen molar-refractivity contribution < 1.29 is 5.11 Å². The first-order valence-corrected chi connectivity index (χ1v) is 5.58. The van der Waals surface area contributed by atoms with Gasteiger partial charge in [-0.1, -0.05) is 11.6 Å². The third kappa shape index (κ3) is 2.33. The monoisotopic (exact) mass is 229 g/mol. The second-order valence-electron chi connectivity index (χ2n) is 4.13. The zero-order valence-corrected chi connectivity index (χ0v) is 9.61. The van der Waals surface area contributed by atoms with Crippen LogP contribution < -0.4 is 0 Å². The number of aliphatic hydroxyl groups is 1. The van der Waals surface area contributed by atoms with E-state index >= 15 is 0 Å². The van der Waals surface area contributed by atoms with Crippen LogP contribution in [0.3, 0.4) is 0 Å². The third-order valence-corrected chi connectivity index (χ3v) is 3.37. The van der Waals surface area contributed by atoms with Crippen LogP contribution in [0.4, 0.5) is 0 Å². The molecule has 1 unspecified atom stereocenters. The van der Waals surface area contributed by atoms with Crippen LogP contribution in [-0.4, -0.2) is 39.3 Å². The fourth-order valence-corrected chi connectivity index (χ4v) is 2.12. The summed E-state index contributed by atoms with van der Waals surface area (Å²) in [5, 5.41) is 9.71. The molecule has 0 aromatic carbocycles. The number of aromatic nitrogens is 2. The van der Waals surface area contributed by atoms with Gasteiger partial charge >= 0.3 is 0 Å². The lowest BCUT2D eigenvalue weighted by atomic mass is 10.1. The van der Waals surface area contributed by atoms with Gasteiger partial charge < -0.3 is 9.67 Å². The Labute approximate surface area is 94.5 Å². The average molecular weight is 230 g/mol. The largest absolute Gasteiger partial charge is 0.396 e. The molecule has 0 amide bonds. The van der Waals surface area contributed by atoms with E-state index in [4.69, 9.17) is 16.7 Å². The summed E-state index contributed by atoms with van der Waals surface area (Å²) in [6.45, 7) is 3.11. The summed E-state index contributed by atoms with van der Waals surface area (Å²) in [5.41, 5.74) is 0. The minimum atomic E-state index is 0.290. The topological polar surface area (TPSA) is 41.3 Å². The molecule has 1 aromatic rings. The lowest BCUT2D eigenvalue weighted by Crippen LogP contribution is -2.22. The molecule has 2 rings (SSSR count). The van der Waals surface area contributed by atoms with Crippen LogP contribution in [0.25, 0.3) is 0 Å². The van der Waals surface area contributed by atoms with E-state index in [0.717, 1.165) is 31.9 Å². The summed E-state index contributed by atoms with van der Waals surface area (Å²) in [6, 6.07) is 0. The van der Waals surface area contributed by atoms with Crippen LogP contribution in [-0.2, 0) is 13.6 Å². The summed E-state index contributed by atoms with van der Waals surface area (Å²) in [7, 11) is 1.92. The molecule has 0 saturated carbocycles. The van der Waals surface area contributed by atoms with Crippen molar-refractivity contribution in [3.8, 4) is 0 Å². The Balaban J connectivity index is 1.95. The van der Waals surface area contributed by atoms with Crippen molar-refractivity contribution >= 4 is 11.6 Å². The van der Waals surface area contributed by atoms with E-state index in [2.05, 4.69) is 9.88 Å². The number of nitrogens with zero attached hydrogens (tertiary/aromatic N) is 3. The summed E-state index contributed by atoms with van der Waals surface area (Å²) in [4.78, 5) is 6.56. The molecule has 84 valence electrons. The minimum absolute atomic E-state index is 0.290. The SMILES string of the molecule is Cn1c(Cl)cnc1CN1CCC(CO)C1. The first-order chi connectivity index (χ1) is 7.20. The molecule has 1 aromatic heterocycles. The summed E-state index contributed by atoms with van der Waals surface area (Å²) in [5.74, 6) is 1.42. The number of rotatable bonds is 3. The van der Waals surface area contributed by atoms with E-state index < -0.39 is 0 Å². The predicted molar refractivity (Wildman–Crippen MR) is 58.7 cm³/mol. The van der Waals surface area contributed by atoms with Crippen LogP contribution in [0.15, 0.2) is 6.20 Å². The second-order valence-corrected chi connectivity index (χ2v) is 4.52. The van der Waals surface area contributed by atoms with Crippen molar-refractivity contribution in [3.63, 3.8) is 0 Å². The molecule has 1 fully saturated rings. The van der Waals surface area contributed by atoms with Gasteiger partial charge in [-0.25, -0.2) is 4.98 Å². The van der Waals surface area contributed by atoms with Crippen LogP contribution in [0.1, 0.15) is 12.2 Å². The maximum Gasteiger partial charge on any atom is 0.128 e. The van der Waals surface area contributed by atoms with Crippen LogP contribution in [0.2, 0.25) is 5.15 Å². The van der Waals surface area contributed by atoms with Crippen LogP contribution in [0, 0.1) is 5.92 Å². The van der Waals surface area contributed by atoms with Gasteiger partial charge in [0.25, 0.3) is 0 Å². The van der Waals surface area contributed by atoms with Crippen LogP contribution >= 0.6 is 11.6 Å². The smallest absolute Gasteiger partial charge is 0.128 e. The van der Waals surface area contributed by atoms with Gasteiger partial charge in [0.2, 0.25) is 0 Å². The van der Waals surface area contributed by atoms with Gasteiger partial charge in [-0.15, -0.1) is 0 Å². The third-order valence-electron chi connectivity index (χ3n) is 3.02. The number of imidazole rings is 1. The minimum Gasteiger partial charge on any atom is -0.396 e. The highest BCUT2D eigenvalue weighted by molar-refractivity contribution is 6.29. The zero-order valence-electron chi connectivity index (χ0n) is 8.86. The molecule has 1 atom stereocenters. The number of likely N-dealkylation sites (tertiary alicyclic amines) is 1. The Kier molecular flexibility index (Phi) is 3.29. The highest BCUT2D eigenvalue weighted by atomic mass is 35.5.